The molecule has 1 saturated heterocycles. The van der Waals surface area contributed by atoms with E-state index >= 15 is 0 Å². The highest BCUT2D eigenvalue weighted by atomic mass is 16.5. The molecule has 7 nitrogen and oxygen atoms in total. The molecule has 0 N–H and O–H groups in total. The van der Waals surface area contributed by atoms with Crippen molar-refractivity contribution in [1.29, 1.82) is 0 Å². The number of aromatic nitrogens is 4. The van der Waals surface area contributed by atoms with Crippen molar-refractivity contribution in [1.82, 2.24) is 25.0 Å². The van der Waals surface area contributed by atoms with Crippen LogP contribution in [0.25, 0.3) is 0 Å². The topological polar surface area (TPSA) is 71.2 Å². The van der Waals surface area contributed by atoms with Crippen LogP contribution < -0.4 is 4.90 Å². The molecule has 0 amide bonds. The summed E-state index contributed by atoms with van der Waals surface area (Å²) in [5, 5.41) is 3.98. The summed E-state index contributed by atoms with van der Waals surface area (Å²) in [6.07, 6.45) is 4.41. The van der Waals surface area contributed by atoms with Crippen molar-refractivity contribution in [2.75, 3.05) is 31.1 Å². The highest BCUT2D eigenvalue weighted by Gasteiger charge is 2.26. The fraction of sp³-hybridized carbons (Fsp3) is 0.600. The number of aryl methyl sites for hydroxylation is 2. The van der Waals surface area contributed by atoms with Gasteiger partial charge < -0.3 is 9.42 Å². The molecule has 0 bridgehead atoms. The largest absolute Gasteiger partial charge is 0.353 e. The summed E-state index contributed by atoms with van der Waals surface area (Å²) in [6, 6.07) is 0.151. The van der Waals surface area contributed by atoms with E-state index < -0.39 is 0 Å². The minimum Gasteiger partial charge on any atom is -0.353 e. The van der Waals surface area contributed by atoms with Gasteiger partial charge in [0.05, 0.1) is 17.9 Å². The minimum atomic E-state index is 0.151. The normalized spacial score (nSPS) is 17.7. The van der Waals surface area contributed by atoms with Crippen molar-refractivity contribution < 1.29 is 4.52 Å². The Bertz CT molecular complexity index is 620. The van der Waals surface area contributed by atoms with Gasteiger partial charge in [-0.3, -0.25) is 9.88 Å². The number of hydrogen-bond acceptors (Lipinski definition) is 7. The molecule has 0 radical (unpaired) electrons. The number of rotatable bonds is 4. The molecular weight excluding hydrogens is 280 g/mol. The van der Waals surface area contributed by atoms with Gasteiger partial charge in [-0.05, 0) is 13.8 Å². The van der Waals surface area contributed by atoms with Crippen LogP contribution in [0.2, 0.25) is 0 Å². The van der Waals surface area contributed by atoms with E-state index in [2.05, 4.69) is 36.8 Å². The molecule has 0 saturated carbocycles. The predicted octanol–water partition coefficient (Wildman–Crippen LogP) is 1.61. The van der Waals surface area contributed by atoms with Crippen LogP contribution in [-0.4, -0.2) is 51.2 Å². The third-order valence-electron chi connectivity index (χ3n) is 4.09. The van der Waals surface area contributed by atoms with E-state index in [1.54, 1.807) is 6.20 Å². The van der Waals surface area contributed by atoms with Gasteiger partial charge in [0.1, 0.15) is 5.82 Å². The van der Waals surface area contributed by atoms with Crippen LogP contribution in [0.1, 0.15) is 37.3 Å². The summed E-state index contributed by atoms with van der Waals surface area (Å²) in [6.45, 7) is 9.86. The molecular formula is C15H22N6O. The first-order valence-electron chi connectivity index (χ1n) is 7.77. The molecule has 3 rings (SSSR count). The first-order chi connectivity index (χ1) is 10.7. The molecule has 2 aromatic heterocycles. The number of anilines is 1. The average Bonchev–Trinajstić information content (AvgIpc) is 3.03. The molecule has 7 heteroatoms. The van der Waals surface area contributed by atoms with Crippen molar-refractivity contribution in [3.8, 4) is 0 Å². The lowest BCUT2D eigenvalue weighted by molar-refractivity contribution is 0.164. The highest BCUT2D eigenvalue weighted by molar-refractivity contribution is 5.36. The van der Waals surface area contributed by atoms with E-state index in [9.17, 15) is 0 Å². The van der Waals surface area contributed by atoms with Crippen LogP contribution in [0.4, 0.5) is 5.82 Å². The lowest BCUT2D eigenvalue weighted by Gasteiger charge is -2.37. The third-order valence-corrected chi connectivity index (χ3v) is 4.09. The molecule has 1 aliphatic heterocycles. The maximum atomic E-state index is 5.36. The Morgan fingerprint density at radius 3 is 2.59 bits per heavy atom. The first-order valence-corrected chi connectivity index (χ1v) is 7.77. The molecule has 2 aromatic rings. The second kappa shape index (κ2) is 6.39. The maximum absolute atomic E-state index is 5.36. The SMILES string of the molecule is CCc1noc(C(C)N2CCN(c3cncc(C)n3)CC2)n1. The van der Waals surface area contributed by atoms with Gasteiger partial charge in [0, 0.05) is 38.8 Å². The molecule has 118 valence electrons. The van der Waals surface area contributed by atoms with Crippen LogP contribution in [0.5, 0.6) is 0 Å². The Balaban J connectivity index is 1.61. The standard InChI is InChI=1S/C15H22N6O/c1-4-13-18-15(22-19-13)12(3)20-5-7-21(8-6-20)14-10-16-9-11(2)17-14/h9-10,12H,4-8H2,1-3H3. The van der Waals surface area contributed by atoms with Gasteiger partial charge in [-0.25, -0.2) is 4.98 Å². The fourth-order valence-electron chi connectivity index (χ4n) is 2.68. The molecule has 1 fully saturated rings. The smallest absolute Gasteiger partial charge is 0.243 e. The Morgan fingerprint density at radius 1 is 1.18 bits per heavy atom. The zero-order valence-electron chi connectivity index (χ0n) is 13.4. The van der Waals surface area contributed by atoms with E-state index in [1.165, 1.54) is 0 Å². The van der Waals surface area contributed by atoms with E-state index in [0.29, 0.717) is 5.89 Å². The second-order valence-corrected chi connectivity index (χ2v) is 5.62. The Hall–Kier alpha value is -2.02. The summed E-state index contributed by atoms with van der Waals surface area (Å²) in [4.78, 5) is 17.8. The van der Waals surface area contributed by atoms with Gasteiger partial charge in [0.25, 0.3) is 0 Å². The lowest BCUT2D eigenvalue weighted by Crippen LogP contribution is -2.47. The van der Waals surface area contributed by atoms with Gasteiger partial charge in [-0.2, -0.15) is 4.98 Å². The van der Waals surface area contributed by atoms with E-state index in [0.717, 1.165) is 49.9 Å². The molecule has 1 unspecified atom stereocenters. The molecule has 0 spiro atoms. The molecule has 22 heavy (non-hydrogen) atoms. The van der Waals surface area contributed by atoms with Crippen LogP contribution >= 0.6 is 0 Å². The van der Waals surface area contributed by atoms with Gasteiger partial charge in [-0.1, -0.05) is 12.1 Å². The third kappa shape index (κ3) is 3.09. The fourth-order valence-corrected chi connectivity index (χ4v) is 2.68. The van der Waals surface area contributed by atoms with Crippen LogP contribution in [-0.2, 0) is 6.42 Å². The second-order valence-electron chi connectivity index (χ2n) is 5.62. The van der Waals surface area contributed by atoms with Crippen LogP contribution in [0.3, 0.4) is 0 Å². The minimum absolute atomic E-state index is 0.151. The van der Waals surface area contributed by atoms with E-state index in [-0.39, 0.29) is 6.04 Å². The summed E-state index contributed by atoms with van der Waals surface area (Å²) in [7, 11) is 0. The first kappa shape index (κ1) is 14.9. The zero-order valence-corrected chi connectivity index (χ0v) is 13.4. The zero-order chi connectivity index (χ0) is 15.5. The number of piperazine rings is 1. The molecule has 0 aliphatic carbocycles. The highest BCUT2D eigenvalue weighted by Crippen LogP contribution is 2.21. The number of hydrogen-bond donors (Lipinski definition) is 0. The molecule has 0 aromatic carbocycles. The summed E-state index contributed by atoms with van der Waals surface area (Å²) in [5.74, 6) is 2.44. The van der Waals surface area contributed by atoms with Crippen molar-refractivity contribution >= 4 is 5.82 Å². The van der Waals surface area contributed by atoms with Crippen molar-refractivity contribution in [2.24, 2.45) is 0 Å². The Morgan fingerprint density at radius 2 is 1.95 bits per heavy atom. The Labute approximate surface area is 130 Å². The monoisotopic (exact) mass is 302 g/mol. The average molecular weight is 302 g/mol. The molecule has 3 heterocycles. The van der Waals surface area contributed by atoms with Gasteiger partial charge in [-0.15, -0.1) is 0 Å². The lowest BCUT2D eigenvalue weighted by atomic mass is 10.2. The predicted molar refractivity (Wildman–Crippen MR) is 82.6 cm³/mol. The summed E-state index contributed by atoms with van der Waals surface area (Å²) in [5.41, 5.74) is 0.950. The molecule has 1 atom stereocenters. The maximum Gasteiger partial charge on any atom is 0.243 e. The summed E-state index contributed by atoms with van der Waals surface area (Å²) >= 11 is 0. The van der Waals surface area contributed by atoms with Crippen molar-refractivity contribution in [3.63, 3.8) is 0 Å². The number of nitrogens with zero attached hydrogens (tertiary/aromatic N) is 6. The Kier molecular flexibility index (Phi) is 4.33. The van der Waals surface area contributed by atoms with Gasteiger partial charge in [0.15, 0.2) is 5.82 Å². The van der Waals surface area contributed by atoms with E-state index in [1.807, 2.05) is 20.0 Å². The van der Waals surface area contributed by atoms with Gasteiger partial charge >= 0.3 is 0 Å². The van der Waals surface area contributed by atoms with Crippen molar-refractivity contribution in [2.45, 2.75) is 33.2 Å². The van der Waals surface area contributed by atoms with Crippen molar-refractivity contribution in [3.05, 3.63) is 29.8 Å². The summed E-state index contributed by atoms with van der Waals surface area (Å²) < 4.78 is 5.36. The van der Waals surface area contributed by atoms with E-state index in [4.69, 9.17) is 4.52 Å². The molecule has 1 aliphatic rings. The van der Waals surface area contributed by atoms with Gasteiger partial charge in [0.2, 0.25) is 5.89 Å². The quantitative estimate of drug-likeness (QED) is 0.849. The van der Waals surface area contributed by atoms with Crippen LogP contribution in [0, 0.1) is 6.92 Å². The van der Waals surface area contributed by atoms with Crippen LogP contribution in [0.15, 0.2) is 16.9 Å².